The number of aliphatic hydroxyl groups excluding tert-OH is 2. The number of aliphatic hydroxyl groups is 2. The van der Waals surface area contributed by atoms with Crippen LogP contribution < -0.4 is 10.4 Å². The summed E-state index contributed by atoms with van der Waals surface area (Å²) in [4.78, 5) is 11.1. The van der Waals surface area contributed by atoms with E-state index in [9.17, 15) is 9.90 Å². The molecule has 0 aliphatic carbocycles. The molecule has 0 aliphatic rings. The molecule has 0 radical (unpaired) electrons. The lowest BCUT2D eigenvalue weighted by Crippen LogP contribution is -2.10. The number of rotatable bonds is 4. The van der Waals surface area contributed by atoms with Crippen LogP contribution in [-0.4, -0.2) is 17.3 Å². The van der Waals surface area contributed by atoms with Gasteiger partial charge in [-0.2, -0.15) is 0 Å². The molecule has 2 N–H and O–H groups in total. The van der Waals surface area contributed by atoms with Gasteiger partial charge in [0.15, 0.2) is 0 Å². The normalized spacial score (nSPS) is 12.5. The Balaban J connectivity index is 3.35. The molecule has 0 bridgehead atoms. The second-order valence-corrected chi connectivity index (χ2v) is 3.06. The molecule has 0 unspecified atom stereocenters. The molecule has 0 saturated carbocycles. The minimum atomic E-state index is -0.907. The molecule has 15 heavy (non-hydrogen) atoms. The molecular weight excluding hydrogens is 200 g/mol. The zero-order valence-corrected chi connectivity index (χ0v) is 8.69. The molecular formula is C10H14O5. The van der Waals surface area contributed by atoms with Crippen LogP contribution in [-0.2, 0) is 6.61 Å². The molecule has 1 aromatic rings. The SMILES string of the molecule is CC[C@@H](O)c1oc(=O)cc(OC)c1CO. The Bertz CT molecular complexity index is 382. The molecule has 1 aromatic heterocycles. The Morgan fingerprint density at radius 2 is 2.27 bits per heavy atom. The van der Waals surface area contributed by atoms with Crippen LogP contribution >= 0.6 is 0 Å². The average Bonchev–Trinajstić information content (AvgIpc) is 2.26. The Morgan fingerprint density at radius 1 is 1.60 bits per heavy atom. The van der Waals surface area contributed by atoms with Gasteiger partial charge in [-0.3, -0.25) is 0 Å². The third-order valence-corrected chi connectivity index (χ3v) is 2.12. The molecule has 1 heterocycles. The highest BCUT2D eigenvalue weighted by atomic mass is 16.5. The number of hydrogen-bond acceptors (Lipinski definition) is 5. The summed E-state index contributed by atoms with van der Waals surface area (Å²) in [6.45, 7) is 1.39. The Hall–Kier alpha value is -1.33. The second kappa shape index (κ2) is 4.95. The summed E-state index contributed by atoms with van der Waals surface area (Å²) in [6.07, 6.45) is -0.515. The molecule has 0 aromatic carbocycles. The molecule has 0 saturated heterocycles. The van der Waals surface area contributed by atoms with Gasteiger partial charge in [0.2, 0.25) is 0 Å². The molecule has 5 nitrogen and oxygen atoms in total. The van der Waals surface area contributed by atoms with E-state index >= 15 is 0 Å². The van der Waals surface area contributed by atoms with Gasteiger partial charge in [-0.15, -0.1) is 0 Å². The quantitative estimate of drug-likeness (QED) is 0.766. The maximum Gasteiger partial charge on any atom is 0.339 e. The van der Waals surface area contributed by atoms with Gasteiger partial charge >= 0.3 is 5.63 Å². The van der Waals surface area contributed by atoms with Gasteiger partial charge in [0.1, 0.15) is 17.6 Å². The summed E-state index contributed by atoms with van der Waals surface area (Å²) in [5.41, 5.74) is -0.294. The van der Waals surface area contributed by atoms with Crippen molar-refractivity contribution in [3.63, 3.8) is 0 Å². The standard InChI is InChI=1S/C10H14O5/c1-3-7(12)10-6(5-11)8(14-2)4-9(13)15-10/h4,7,11-12H,3,5H2,1-2H3/t7-/m1/s1. The van der Waals surface area contributed by atoms with Crippen molar-refractivity contribution in [2.24, 2.45) is 0 Å². The van der Waals surface area contributed by atoms with Gasteiger partial charge in [-0.25, -0.2) is 4.79 Å². The van der Waals surface area contributed by atoms with Crippen molar-refractivity contribution in [1.82, 2.24) is 0 Å². The van der Waals surface area contributed by atoms with E-state index in [1.54, 1.807) is 6.92 Å². The molecule has 1 rings (SSSR count). The molecule has 0 amide bonds. The van der Waals surface area contributed by atoms with E-state index < -0.39 is 11.7 Å². The third-order valence-electron chi connectivity index (χ3n) is 2.12. The first-order valence-corrected chi connectivity index (χ1v) is 4.63. The first-order valence-electron chi connectivity index (χ1n) is 4.63. The van der Waals surface area contributed by atoms with Gasteiger partial charge in [-0.05, 0) is 6.42 Å². The first-order chi connectivity index (χ1) is 7.13. The predicted octanol–water partition coefficient (Wildman–Crippen LogP) is 0.584. The maximum absolute atomic E-state index is 11.1. The van der Waals surface area contributed by atoms with Crippen LogP contribution in [0.5, 0.6) is 5.75 Å². The van der Waals surface area contributed by atoms with Crippen LogP contribution in [0.4, 0.5) is 0 Å². The third kappa shape index (κ3) is 2.37. The summed E-state index contributed by atoms with van der Waals surface area (Å²) >= 11 is 0. The smallest absolute Gasteiger partial charge is 0.339 e. The lowest BCUT2D eigenvalue weighted by atomic mass is 10.1. The van der Waals surface area contributed by atoms with E-state index in [2.05, 4.69) is 0 Å². The highest BCUT2D eigenvalue weighted by molar-refractivity contribution is 5.34. The minimum absolute atomic E-state index is 0.0735. The molecule has 0 aliphatic heterocycles. The topological polar surface area (TPSA) is 79.9 Å². The number of methoxy groups -OCH3 is 1. The molecule has 0 spiro atoms. The lowest BCUT2D eigenvalue weighted by Gasteiger charge is -2.13. The van der Waals surface area contributed by atoms with Gasteiger partial charge in [-0.1, -0.05) is 6.92 Å². The minimum Gasteiger partial charge on any atom is -0.496 e. The Labute approximate surface area is 86.9 Å². The fourth-order valence-electron chi connectivity index (χ4n) is 1.31. The zero-order valence-electron chi connectivity index (χ0n) is 8.69. The van der Waals surface area contributed by atoms with Crippen LogP contribution in [0.15, 0.2) is 15.3 Å². The largest absolute Gasteiger partial charge is 0.496 e. The van der Waals surface area contributed by atoms with Gasteiger partial charge < -0.3 is 19.4 Å². The van der Waals surface area contributed by atoms with Gasteiger partial charge in [0.05, 0.1) is 25.3 Å². The Morgan fingerprint density at radius 3 is 2.73 bits per heavy atom. The average molecular weight is 214 g/mol. The van der Waals surface area contributed by atoms with Crippen LogP contribution in [0.3, 0.4) is 0 Å². The van der Waals surface area contributed by atoms with Crippen molar-refractivity contribution >= 4 is 0 Å². The van der Waals surface area contributed by atoms with Crippen molar-refractivity contribution in [1.29, 1.82) is 0 Å². The van der Waals surface area contributed by atoms with Crippen LogP contribution in [0, 0.1) is 0 Å². The van der Waals surface area contributed by atoms with Gasteiger partial charge in [0.25, 0.3) is 0 Å². The number of ether oxygens (including phenoxy) is 1. The zero-order chi connectivity index (χ0) is 11.4. The summed E-state index contributed by atoms with van der Waals surface area (Å²) < 4.78 is 9.77. The van der Waals surface area contributed by atoms with Crippen molar-refractivity contribution in [2.45, 2.75) is 26.1 Å². The molecule has 0 fully saturated rings. The van der Waals surface area contributed by atoms with E-state index in [0.717, 1.165) is 6.07 Å². The lowest BCUT2D eigenvalue weighted by molar-refractivity contribution is 0.133. The first kappa shape index (κ1) is 11.7. The van der Waals surface area contributed by atoms with Crippen LogP contribution in [0.2, 0.25) is 0 Å². The van der Waals surface area contributed by atoms with Crippen molar-refractivity contribution < 1.29 is 19.4 Å². The summed E-state index contributed by atoms with van der Waals surface area (Å²) in [5, 5.41) is 18.7. The Kier molecular flexibility index (Phi) is 3.88. The highest BCUT2D eigenvalue weighted by Crippen LogP contribution is 2.26. The van der Waals surface area contributed by atoms with E-state index in [0.29, 0.717) is 12.0 Å². The van der Waals surface area contributed by atoms with E-state index in [1.165, 1.54) is 7.11 Å². The fourth-order valence-corrected chi connectivity index (χ4v) is 1.31. The predicted molar refractivity (Wildman–Crippen MR) is 52.7 cm³/mol. The van der Waals surface area contributed by atoms with E-state index in [1.807, 2.05) is 0 Å². The van der Waals surface area contributed by atoms with Crippen molar-refractivity contribution in [3.8, 4) is 5.75 Å². The fraction of sp³-hybridized carbons (Fsp3) is 0.500. The molecule has 5 heteroatoms. The van der Waals surface area contributed by atoms with Crippen molar-refractivity contribution in [3.05, 3.63) is 27.8 Å². The van der Waals surface area contributed by atoms with E-state index in [4.69, 9.17) is 14.3 Å². The summed E-state index contributed by atoms with van der Waals surface area (Å²) in [7, 11) is 1.38. The second-order valence-electron chi connectivity index (χ2n) is 3.06. The summed E-state index contributed by atoms with van der Waals surface area (Å²) in [6, 6.07) is 1.14. The van der Waals surface area contributed by atoms with Gasteiger partial charge in [0, 0.05) is 0 Å². The molecule has 84 valence electrons. The summed E-state index contributed by atoms with van der Waals surface area (Å²) in [5.74, 6) is 0.306. The number of hydrogen-bond donors (Lipinski definition) is 2. The van der Waals surface area contributed by atoms with Crippen LogP contribution in [0.1, 0.15) is 30.8 Å². The monoisotopic (exact) mass is 214 g/mol. The highest BCUT2D eigenvalue weighted by Gasteiger charge is 2.18. The van der Waals surface area contributed by atoms with Crippen LogP contribution in [0.25, 0.3) is 0 Å². The van der Waals surface area contributed by atoms with Crippen molar-refractivity contribution in [2.75, 3.05) is 7.11 Å². The van der Waals surface area contributed by atoms with E-state index in [-0.39, 0.29) is 18.1 Å². The maximum atomic E-state index is 11.1. The molecule has 1 atom stereocenters.